The predicted molar refractivity (Wildman–Crippen MR) is 59.7 cm³/mol. The number of phosphoric acid groups is 1. The average Bonchev–Trinajstić information content (AvgIpc) is 2.72. The summed E-state index contributed by atoms with van der Waals surface area (Å²) < 4.78 is 23.5. The standard InChI is InChI=1S/C8H15N2O8P/c9-7(11)16-4-6-2-1-3-10(6)8(12)17-5-18-19(13,14)15/h6H,1-5H2,(H2,9,11)(H2,13,14,15). The van der Waals surface area contributed by atoms with Gasteiger partial charge in [0.25, 0.3) is 0 Å². The monoisotopic (exact) mass is 298 g/mol. The molecule has 1 atom stereocenters. The number of hydrogen-bond donors (Lipinski definition) is 3. The molecule has 110 valence electrons. The highest BCUT2D eigenvalue weighted by molar-refractivity contribution is 7.46. The van der Waals surface area contributed by atoms with Gasteiger partial charge in [0.1, 0.15) is 6.61 Å². The summed E-state index contributed by atoms with van der Waals surface area (Å²) >= 11 is 0. The van der Waals surface area contributed by atoms with Crippen LogP contribution in [0.4, 0.5) is 9.59 Å². The van der Waals surface area contributed by atoms with Gasteiger partial charge >= 0.3 is 20.0 Å². The van der Waals surface area contributed by atoms with Crippen LogP contribution in [0.25, 0.3) is 0 Å². The maximum absolute atomic E-state index is 11.6. The van der Waals surface area contributed by atoms with Crippen LogP contribution in [0.2, 0.25) is 0 Å². The summed E-state index contributed by atoms with van der Waals surface area (Å²) in [5, 5.41) is 0. The number of nitrogens with two attached hydrogens (primary N) is 1. The van der Waals surface area contributed by atoms with Crippen LogP contribution in [0.15, 0.2) is 0 Å². The van der Waals surface area contributed by atoms with E-state index in [0.29, 0.717) is 19.4 Å². The lowest BCUT2D eigenvalue weighted by atomic mass is 10.2. The van der Waals surface area contributed by atoms with Gasteiger partial charge in [-0.2, -0.15) is 0 Å². The van der Waals surface area contributed by atoms with E-state index in [-0.39, 0.29) is 12.6 Å². The Morgan fingerprint density at radius 1 is 1.37 bits per heavy atom. The highest BCUT2D eigenvalue weighted by Crippen LogP contribution is 2.35. The zero-order valence-corrected chi connectivity index (χ0v) is 10.8. The maximum atomic E-state index is 11.6. The Morgan fingerprint density at radius 3 is 2.63 bits per heavy atom. The summed E-state index contributed by atoms with van der Waals surface area (Å²) in [7, 11) is -4.68. The molecule has 1 heterocycles. The summed E-state index contributed by atoms with van der Waals surface area (Å²) in [5.41, 5.74) is 4.82. The Kier molecular flexibility index (Phi) is 5.55. The second-order valence-corrected chi connectivity index (χ2v) is 5.01. The van der Waals surface area contributed by atoms with Crippen molar-refractivity contribution >= 4 is 20.0 Å². The van der Waals surface area contributed by atoms with Gasteiger partial charge in [0.05, 0.1) is 6.04 Å². The average molecular weight is 298 g/mol. The molecule has 0 saturated carbocycles. The van der Waals surface area contributed by atoms with E-state index in [4.69, 9.17) is 15.5 Å². The number of ether oxygens (including phenoxy) is 2. The number of rotatable bonds is 5. The van der Waals surface area contributed by atoms with Crippen molar-refractivity contribution in [3.05, 3.63) is 0 Å². The number of carbonyl (C=O) groups is 2. The lowest BCUT2D eigenvalue weighted by Gasteiger charge is -2.23. The quantitative estimate of drug-likeness (QED) is 0.464. The van der Waals surface area contributed by atoms with Gasteiger partial charge in [-0.1, -0.05) is 0 Å². The molecule has 0 aromatic carbocycles. The van der Waals surface area contributed by atoms with E-state index < -0.39 is 26.8 Å². The summed E-state index contributed by atoms with van der Waals surface area (Å²) in [6, 6.07) is -0.366. The normalized spacial score (nSPS) is 19.3. The molecule has 0 aliphatic carbocycles. The van der Waals surface area contributed by atoms with Crippen LogP contribution < -0.4 is 5.73 Å². The van der Waals surface area contributed by atoms with E-state index in [2.05, 4.69) is 14.0 Å². The molecule has 19 heavy (non-hydrogen) atoms. The van der Waals surface area contributed by atoms with Gasteiger partial charge in [-0.25, -0.2) is 18.7 Å². The number of amides is 2. The number of carbonyl (C=O) groups excluding carboxylic acids is 2. The third kappa shape index (κ3) is 5.88. The van der Waals surface area contributed by atoms with Crippen LogP contribution in [0.3, 0.4) is 0 Å². The minimum absolute atomic E-state index is 0.0518. The Morgan fingerprint density at radius 2 is 2.05 bits per heavy atom. The molecule has 1 aliphatic heterocycles. The fourth-order valence-electron chi connectivity index (χ4n) is 1.66. The number of hydrogen-bond acceptors (Lipinski definition) is 6. The molecule has 10 nitrogen and oxygen atoms in total. The van der Waals surface area contributed by atoms with Crippen LogP contribution in [0.5, 0.6) is 0 Å². The molecule has 0 aromatic rings. The Labute approximate surface area is 108 Å². The first kappa shape index (κ1) is 15.7. The van der Waals surface area contributed by atoms with E-state index >= 15 is 0 Å². The third-order valence-electron chi connectivity index (χ3n) is 2.43. The van der Waals surface area contributed by atoms with Gasteiger partial charge in [0, 0.05) is 6.54 Å². The zero-order valence-electron chi connectivity index (χ0n) is 9.93. The maximum Gasteiger partial charge on any atom is 0.472 e. The van der Waals surface area contributed by atoms with Gasteiger partial charge in [-0.15, -0.1) is 0 Å². The summed E-state index contributed by atoms with van der Waals surface area (Å²) in [5.74, 6) is 0. The van der Waals surface area contributed by atoms with Crippen LogP contribution in [0, 0.1) is 0 Å². The largest absolute Gasteiger partial charge is 0.472 e. The van der Waals surface area contributed by atoms with E-state index in [1.54, 1.807) is 0 Å². The van der Waals surface area contributed by atoms with E-state index in [9.17, 15) is 14.2 Å². The number of likely N-dealkylation sites (tertiary alicyclic amines) is 1. The molecule has 11 heteroatoms. The first-order chi connectivity index (χ1) is 8.79. The molecule has 0 bridgehead atoms. The third-order valence-corrected chi connectivity index (χ3v) is 2.87. The topological polar surface area (TPSA) is 149 Å². The van der Waals surface area contributed by atoms with Crippen molar-refractivity contribution in [3.63, 3.8) is 0 Å². The second-order valence-electron chi connectivity index (χ2n) is 3.77. The zero-order chi connectivity index (χ0) is 14.5. The molecular weight excluding hydrogens is 283 g/mol. The number of nitrogens with zero attached hydrogens (tertiary/aromatic N) is 1. The van der Waals surface area contributed by atoms with Crippen molar-refractivity contribution in [2.45, 2.75) is 18.9 Å². The molecule has 0 aromatic heterocycles. The molecule has 0 radical (unpaired) electrons. The molecule has 0 spiro atoms. The lowest BCUT2D eigenvalue weighted by Crippen LogP contribution is -2.39. The van der Waals surface area contributed by atoms with Crippen molar-refractivity contribution in [2.24, 2.45) is 5.73 Å². The van der Waals surface area contributed by atoms with Gasteiger partial charge in [0.2, 0.25) is 6.79 Å². The SMILES string of the molecule is NC(=O)OCC1CCCN1C(=O)OCOP(=O)(O)O. The summed E-state index contributed by atoms with van der Waals surface area (Å²) in [6.45, 7) is -0.520. The Balaban J connectivity index is 2.37. The van der Waals surface area contributed by atoms with Gasteiger partial charge in [0.15, 0.2) is 0 Å². The van der Waals surface area contributed by atoms with Crippen molar-refractivity contribution in [1.29, 1.82) is 0 Å². The number of phosphoric ester groups is 1. The molecule has 4 N–H and O–H groups in total. The molecule has 1 unspecified atom stereocenters. The minimum Gasteiger partial charge on any atom is -0.448 e. The van der Waals surface area contributed by atoms with Crippen molar-refractivity contribution in [2.75, 3.05) is 19.9 Å². The smallest absolute Gasteiger partial charge is 0.448 e. The predicted octanol–water partition coefficient (Wildman–Crippen LogP) is -0.251. The van der Waals surface area contributed by atoms with Crippen molar-refractivity contribution < 1.29 is 37.9 Å². The van der Waals surface area contributed by atoms with Crippen molar-refractivity contribution in [3.8, 4) is 0 Å². The first-order valence-corrected chi connectivity index (χ1v) is 6.88. The molecule has 2 amide bonds. The molecule has 1 saturated heterocycles. The second kappa shape index (κ2) is 6.71. The van der Waals surface area contributed by atoms with Crippen molar-refractivity contribution in [1.82, 2.24) is 4.90 Å². The van der Waals surface area contributed by atoms with Gasteiger partial charge in [-0.05, 0) is 12.8 Å². The van der Waals surface area contributed by atoms with E-state index in [1.807, 2.05) is 0 Å². The lowest BCUT2D eigenvalue weighted by molar-refractivity contribution is 0.0137. The molecule has 1 rings (SSSR count). The fourth-order valence-corrected chi connectivity index (χ4v) is 1.85. The van der Waals surface area contributed by atoms with Crippen LogP contribution in [0.1, 0.15) is 12.8 Å². The Bertz CT molecular complexity index is 383. The van der Waals surface area contributed by atoms with E-state index in [1.165, 1.54) is 4.90 Å². The van der Waals surface area contributed by atoms with E-state index in [0.717, 1.165) is 0 Å². The fraction of sp³-hybridized carbons (Fsp3) is 0.750. The summed E-state index contributed by atoms with van der Waals surface area (Å²) in [4.78, 5) is 40.2. The first-order valence-electron chi connectivity index (χ1n) is 5.35. The number of primary amides is 1. The highest BCUT2D eigenvalue weighted by Gasteiger charge is 2.31. The Hall–Kier alpha value is -1.35. The molecule has 1 fully saturated rings. The van der Waals surface area contributed by atoms with Crippen LogP contribution in [-0.4, -0.2) is 52.9 Å². The van der Waals surface area contributed by atoms with Gasteiger partial charge < -0.3 is 29.9 Å². The summed E-state index contributed by atoms with van der Waals surface area (Å²) in [6.07, 6.45) is -0.433. The van der Waals surface area contributed by atoms with Gasteiger partial charge in [-0.3, -0.25) is 0 Å². The molecule has 1 aliphatic rings. The highest BCUT2D eigenvalue weighted by atomic mass is 31.2. The molecular formula is C8H15N2O8P. The van der Waals surface area contributed by atoms with Crippen LogP contribution >= 0.6 is 7.82 Å². The van der Waals surface area contributed by atoms with Crippen LogP contribution in [-0.2, 0) is 18.6 Å². The minimum atomic E-state index is -4.68.